The number of nitrogens with one attached hydrogen (secondary N) is 1. The van der Waals surface area contributed by atoms with Gasteiger partial charge >= 0.3 is 0 Å². The molecule has 2 aromatic heterocycles. The fourth-order valence-corrected chi connectivity index (χ4v) is 3.25. The lowest BCUT2D eigenvalue weighted by atomic mass is 10.1. The quantitative estimate of drug-likeness (QED) is 0.576. The van der Waals surface area contributed by atoms with E-state index >= 15 is 0 Å². The number of aryl methyl sites for hydroxylation is 2. The highest BCUT2D eigenvalue weighted by molar-refractivity contribution is 6.12. The number of anilines is 1. The first-order valence-electron chi connectivity index (χ1n) is 8.53. The molecule has 4 nitrogen and oxygen atoms in total. The molecule has 0 bridgehead atoms. The molecular formula is C22H19N3O. The molecule has 4 rings (SSSR count). The summed E-state index contributed by atoms with van der Waals surface area (Å²) in [4.78, 5) is 17.2. The normalized spacial score (nSPS) is 10.8. The summed E-state index contributed by atoms with van der Waals surface area (Å²) in [5.74, 6) is 0.594. The van der Waals surface area contributed by atoms with Crippen molar-refractivity contribution >= 4 is 22.6 Å². The molecule has 0 fully saturated rings. The van der Waals surface area contributed by atoms with Gasteiger partial charge in [-0.1, -0.05) is 35.9 Å². The number of fused-ring (bicyclic) bond motifs is 1. The minimum absolute atomic E-state index is 0.145. The van der Waals surface area contributed by atoms with Crippen LogP contribution < -0.4 is 5.32 Å². The first kappa shape index (κ1) is 16.1. The van der Waals surface area contributed by atoms with E-state index < -0.39 is 0 Å². The van der Waals surface area contributed by atoms with E-state index in [1.165, 1.54) is 5.56 Å². The number of benzene rings is 2. The molecule has 26 heavy (non-hydrogen) atoms. The summed E-state index contributed by atoms with van der Waals surface area (Å²) in [5, 5.41) is 3.88. The average molecular weight is 341 g/mol. The van der Waals surface area contributed by atoms with Crippen LogP contribution in [-0.2, 0) is 0 Å². The van der Waals surface area contributed by atoms with E-state index in [-0.39, 0.29) is 5.91 Å². The Bertz CT molecular complexity index is 1110. The van der Waals surface area contributed by atoms with Crippen molar-refractivity contribution in [3.05, 3.63) is 89.7 Å². The smallest absolute Gasteiger partial charge is 0.257 e. The summed E-state index contributed by atoms with van der Waals surface area (Å²) >= 11 is 0. The molecule has 2 aromatic carbocycles. The standard InChI is InChI=1S/C22H19N3O/c1-15-9-10-20(16(2)14-15)25-13-5-8-21(25)24-22(26)18-11-12-23-19-7-4-3-6-17(18)19/h3-14H,1-2H3,(H,24,26). The summed E-state index contributed by atoms with van der Waals surface area (Å²) in [5.41, 5.74) is 4.85. The van der Waals surface area contributed by atoms with E-state index in [9.17, 15) is 4.79 Å². The van der Waals surface area contributed by atoms with Gasteiger partial charge in [-0.05, 0) is 49.7 Å². The van der Waals surface area contributed by atoms with Crippen molar-refractivity contribution in [3.63, 3.8) is 0 Å². The Morgan fingerprint density at radius 2 is 1.85 bits per heavy atom. The third kappa shape index (κ3) is 2.86. The van der Waals surface area contributed by atoms with Crippen molar-refractivity contribution < 1.29 is 4.79 Å². The number of nitrogens with zero attached hydrogens (tertiary/aromatic N) is 2. The highest BCUT2D eigenvalue weighted by Crippen LogP contribution is 2.23. The summed E-state index contributed by atoms with van der Waals surface area (Å²) < 4.78 is 2.00. The number of hydrogen-bond acceptors (Lipinski definition) is 2. The number of amides is 1. The lowest BCUT2D eigenvalue weighted by molar-refractivity contribution is 0.102. The number of hydrogen-bond donors (Lipinski definition) is 1. The Labute approximate surface area is 152 Å². The average Bonchev–Trinajstić information content (AvgIpc) is 3.09. The Hall–Kier alpha value is -3.40. The second-order valence-electron chi connectivity index (χ2n) is 6.38. The molecule has 0 saturated carbocycles. The first-order chi connectivity index (χ1) is 12.6. The van der Waals surface area contributed by atoms with Crippen LogP contribution in [0.2, 0.25) is 0 Å². The maximum atomic E-state index is 12.9. The fraction of sp³-hybridized carbons (Fsp3) is 0.0909. The Morgan fingerprint density at radius 1 is 1.00 bits per heavy atom. The maximum Gasteiger partial charge on any atom is 0.257 e. The van der Waals surface area contributed by atoms with E-state index in [1.54, 1.807) is 12.3 Å². The van der Waals surface area contributed by atoms with Crippen LogP contribution in [-0.4, -0.2) is 15.5 Å². The largest absolute Gasteiger partial charge is 0.308 e. The number of rotatable bonds is 3. The number of carbonyl (C=O) groups is 1. The number of aromatic nitrogens is 2. The summed E-state index contributed by atoms with van der Waals surface area (Å²) in [6.07, 6.45) is 3.62. The molecule has 4 aromatic rings. The second kappa shape index (κ2) is 6.48. The minimum atomic E-state index is -0.145. The SMILES string of the molecule is Cc1ccc(-n2cccc2NC(=O)c2ccnc3ccccc23)c(C)c1. The molecule has 2 heterocycles. The highest BCUT2D eigenvalue weighted by atomic mass is 16.1. The monoisotopic (exact) mass is 341 g/mol. The van der Waals surface area contributed by atoms with Gasteiger partial charge in [0, 0.05) is 23.5 Å². The van der Waals surface area contributed by atoms with E-state index in [0.717, 1.165) is 28.0 Å². The third-order valence-corrected chi connectivity index (χ3v) is 4.50. The Morgan fingerprint density at radius 3 is 2.69 bits per heavy atom. The summed E-state index contributed by atoms with van der Waals surface area (Å²) in [6, 6.07) is 19.5. The predicted molar refractivity (Wildman–Crippen MR) is 105 cm³/mol. The van der Waals surface area contributed by atoms with Gasteiger partial charge < -0.3 is 9.88 Å². The van der Waals surface area contributed by atoms with Gasteiger partial charge in [0.05, 0.1) is 11.1 Å². The van der Waals surface area contributed by atoms with Crippen LogP contribution >= 0.6 is 0 Å². The molecule has 0 saturated heterocycles. The van der Waals surface area contributed by atoms with Crippen LogP contribution in [0.25, 0.3) is 16.6 Å². The lowest BCUT2D eigenvalue weighted by Gasteiger charge is -2.14. The number of pyridine rings is 1. The third-order valence-electron chi connectivity index (χ3n) is 4.50. The zero-order valence-corrected chi connectivity index (χ0v) is 14.7. The van der Waals surface area contributed by atoms with Crippen LogP contribution in [0.1, 0.15) is 21.5 Å². The van der Waals surface area contributed by atoms with Gasteiger partial charge in [0.1, 0.15) is 5.82 Å². The number of carbonyl (C=O) groups excluding carboxylic acids is 1. The molecule has 0 unspecified atom stereocenters. The molecule has 0 spiro atoms. The Kier molecular flexibility index (Phi) is 4.01. The van der Waals surface area contributed by atoms with E-state index in [0.29, 0.717) is 5.56 Å². The fourth-order valence-electron chi connectivity index (χ4n) is 3.25. The minimum Gasteiger partial charge on any atom is -0.308 e. The van der Waals surface area contributed by atoms with Crippen LogP contribution in [0.3, 0.4) is 0 Å². The first-order valence-corrected chi connectivity index (χ1v) is 8.53. The van der Waals surface area contributed by atoms with Crippen LogP contribution in [0, 0.1) is 13.8 Å². The van der Waals surface area contributed by atoms with Crippen molar-refractivity contribution in [3.8, 4) is 5.69 Å². The van der Waals surface area contributed by atoms with Gasteiger partial charge in [-0.3, -0.25) is 9.78 Å². The van der Waals surface area contributed by atoms with Crippen molar-refractivity contribution in [1.29, 1.82) is 0 Å². The van der Waals surface area contributed by atoms with Crippen molar-refractivity contribution in [2.24, 2.45) is 0 Å². The molecule has 1 N–H and O–H groups in total. The van der Waals surface area contributed by atoms with Crippen LogP contribution in [0.5, 0.6) is 0 Å². The van der Waals surface area contributed by atoms with E-state index in [4.69, 9.17) is 0 Å². The molecular weight excluding hydrogens is 322 g/mol. The van der Waals surface area contributed by atoms with Gasteiger partial charge in [0.25, 0.3) is 5.91 Å². The summed E-state index contributed by atoms with van der Waals surface area (Å²) in [7, 11) is 0. The molecule has 128 valence electrons. The zero-order valence-electron chi connectivity index (χ0n) is 14.7. The van der Waals surface area contributed by atoms with E-state index in [2.05, 4.69) is 42.3 Å². The molecule has 1 amide bonds. The van der Waals surface area contributed by atoms with Crippen LogP contribution in [0.15, 0.2) is 73.1 Å². The lowest BCUT2D eigenvalue weighted by Crippen LogP contribution is -2.15. The van der Waals surface area contributed by atoms with Gasteiger partial charge in [-0.15, -0.1) is 0 Å². The van der Waals surface area contributed by atoms with Crippen molar-refractivity contribution in [2.45, 2.75) is 13.8 Å². The van der Waals surface area contributed by atoms with Crippen LogP contribution in [0.4, 0.5) is 5.82 Å². The second-order valence-corrected chi connectivity index (χ2v) is 6.38. The maximum absolute atomic E-state index is 12.9. The molecule has 0 radical (unpaired) electrons. The predicted octanol–water partition coefficient (Wildman–Crippen LogP) is 4.89. The Balaban J connectivity index is 1.70. The van der Waals surface area contributed by atoms with Crippen molar-refractivity contribution in [1.82, 2.24) is 9.55 Å². The molecule has 0 aliphatic heterocycles. The zero-order chi connectivity index (χ0) is 18.1. The van der Waals surface area contributed by atoms with Gasteiger partial charge in [0.2, 0.25) is 0 Å². The highest BCUT2D eigenvalue weighted by Gasteiger charge is 2.13. The van der Waals surface area contributed by atoms with E-state index in [1.807, 2.05) is 47.2 Å². The molecule has 0 atom stereocenters. The topological polar surface area (TPSA) is 46.9 Å². The summed E-state index contributed by atoms with van der Waals surface area (Å²) in [6.45, 7) is 4.15. The van der Waals surface area contributed by atoms with Gasteiger partial charge in [0.15, 0.2) is 0 Å². The molecule has 0 aliphatic carbocycles. The van der Waals surface area contributed by atoms with Gasteiger partial charge in [-0.2, -0.15) is 0 Å². The van der Waals surface area contributed by atoms with Crippen molar-refractivity contribution in [2.75, 3.05) is 5.32 Å². The van der Waals surface area contributed by atoms with Gasteiger partial charge in [-0.25, -0.2) is 0 Å². The molecule has 4 heteroatoms. The number of para-hydroxylation sites is 1. The molecule has 0 aliphatic rings.